The number of esters is 1. The summed E-state index contributed by atoms with van der Waals surface area (Å²) in [5, 5.41) is 0.0462. The van der Waals surface area contributed by atoms with Crippen LogP contribution in [0.15, 0.2) is 0 Å². The maximum absolute atomic E-state index is 11.2. The fourth-order valence-corrected chi connectivity index (χ4v) is 1.62. The molecular formula is C9H18O2S. The van der Waals surface area contributed by atoms with Crippen LogP contribution < -0.4 is 0 Å². The number of rotatable bonds is 6. The molecular weight excluding hydrogens is 172 g/mol. The van der Waals surface area contributed by atoms with Crippen LogP contribution in [0.1, 0.15) is 33.1 Å². The Hall–Kier alpha value is -0.180. The summed E-state index contributed by atoms with van der Waals surface area (Å²) >= 11 is 1.58. The van der Waals surface area contributed by atoms with Gasteiger partial charge in [0, 0.05) is 0 Å². The Morgan fingerprint density at radius 2 is 2.17 bits per heavy atom. The lowest BCUT2D eigenvalue weighted by molar-refractivity contribution is -0.142. The molecule has 0 aliphatic rings. The SMILES string of the molecule is CCCCC(SC)C(=O)OCC. The number of hydrogen-bond donors (Lipinski definition) is 0. The zero-order valence-electron chi connectivity index (χ0n) is 8.13. The molecule has 0 aromatic carbocycles. The van der Waals surface area contributed by atoms with Gasteiger partial charge in [-0.3, -0.25) is 4.79 Å². The molecule has 0 saturated carbocycles. The molecule has 0 spiro atoms. The number of carbonyl (C=O) groups is 1. The smallest absolute Gasteiger partial charge is 0.319 e. The normalized spacial score (nSPS) is 12.6. The predicted octanol–water partition coefficient (Wildman–Crippen LogP) is 2.47. The molecule has 3 heteroatoms. The van der Waals surface area contributed by atoms with Gasteiger partial charge in [0.25, 0.3) is 0 Å². The number of hydrogen-bond acceptors (Lipinski definition) is 3. The molecule has 12 heavy (non-hydrogen) atoms. The minimum Gasteiger partial charge on any atom is -0.465 e. The first-order valence-corrected chi connectivity index (χ1v) is 5.74. The fraction of sp³-hybridized carbons (Fsp3) is 0.889. The van der Waals surface area contributed by atoms with Gasteiger partial charge in [-0.1, -0.05) is 19.8 Å². The number of ether oxygens (including phenoxy) is 1. The van der Waals surface area contributed by atoms with Crippen LogP contribution in [0, 0.1) is 0 Å². The van der Waals surface area contributed by atoms with E-state index in [9.17, 15) is 4.79 Å². The van der Waals surface area contributed by atoms with E-state index < -0.39 is 0 Å². The summed E-state index contributed by atoms with van der Waals surface area (Å²) in [5.74, 6) is -0.0570. The summed E-state index contributed by atoms with van der Waals surface area (Å²) in [7, 11) is 0. The zero-order chi connectivity index (χ0) is 9.40. The molecule has 72 valence electrons. The molecule has 0 aliphatic carbocycles. The van der Waals surface area contributed by atoms with Gasteiger partial charge in [-0.25, -0.2) is 0 Å². The summed E-state index contributed by atoms with van der Waals surface area (Å²) in [6.07, 6.45) is 5.13. The highest BCUT2D eigenvalue weighted by Gasteiger charge is 2.16. The lowest BCUT2D eigenvalue weighted by Gasteiger charge is -2.11. The summed E-state index contributed by atoms with van der Waals surface area (Å²) in [6, 6.07) is 0. The van der Waals surface area contributed by atoms with Gasteiger partial charge in [0.05, 0.1) is 6.61 Å². The van der Waals surface area contributed by atoms with E-state index >= 15 is 0 Å². The first-order chi connectivity index (χ1) is 5.76. The van der Waals surface area contributed by atoms with E-state index in [4.69, 9.17) is 4.74 Å². The van der Waals surface area contributed by atoms with Crippen molar-refractivity contribution in [1.82, 2.24) is 0 Å². The molecule has 1 unspecified atom stereocenters. The van der Waals surface area contributed by atoms with E-state index in [1.165, 1.54) is 0 Å². The first kappa shape index (κ1) is 11.8. The Bertz CT molecular complexity index is 126. The molecule has 0 saturated heterocycles. The Kier molecular flexibility index (Phi) is 7.36. The molecule has 0 aromatic heterocycles. The van der Waals surface area contributed by atoms with E-state index in [2.05, 4.69) is 6.92 Å². The monoisotopic (exact) mass is 190 g/mol. The van der Waals surface area contributed by atoms with Gasteiger partial charge < -0.3 is 4.74 Å². The molecule has 0 aromatic rings. The quantitative estimate of drug-likeness (QED) is 0.602. The van der Waals surface area contributed by atoms with Crippen molar-refractivity contribution in [2.75, 3.05) is 12.9 Å². The maximum atomic E-state index is 11.2. The van der Waals surface area contributed by atoms with Crippen molar-refractivity contribution in [3.05, 3.63) is 0 Å². The van der Waals surface area contributed by atoms with Gasteiger partial charge >= 0.3 is 5.97 Å². The van der Waals surface area contributed by atoms with Crippen molar-refractivity contribution >= 4 is 17.7 Å². The second kappa shape index (κ2) is 7.47. The minimum absolute atomic E-state index is 0.0462. The average molecular weight is 190 g/mol. The van der Waals surface area contributed by atoms with Crippen LogP contribution in [0.2, 0.25) is 0 Å². The molecule has 0 radical (unpaired) electrons. The van der Waals surface area contributed by atoms with E-state index in [-0.39, 0.29) is 11.2 Å². The highest BCUT2D eigenvalue weighted by atomic mass is 32.2. The second-order valence-electron chi connectivity index (χ2n) is 2.62. The Balaban J connectivity index is 3.71. The van der Waals surface area contributed by atoms with Crippen molar-refractivity contribution in [2.24, 2.45) is 0 Å². The Morgan fingerprint density at radius 1 is 1.50 bits per heavy atom. The number of carbonyl (C=O) groups excluding carboxylic acids is 1. The molecule has 0 bridgehead atoms. The number of thioether (sulfide) groups is 1. The highest BCUT2D eigenvalue weighted by Crippen LogP contribution is 2.15. The lowest BCUT2D eigenvalue weighted by atomic mass is 10.2. The van der Waals surface area contributed by atoms with Crippen molar-refractivity contribution in [3.63, 3.8) is 0 Å². The van der Waals surface area contributed by atoms with E-state index in [0.717, 1.165) is 19.3 Å². The maximum Gasteiger partial charge on any atom is 0.319 e. The molecule has 0 amide bonds. The van der Waals surface area contributed by atoms with Crippen LogP contribution in [0.25, 0.3) is 0 Å². The van der Waals surface area contributed by atoms with Gasteiger partial charge in [-0.15, -0.1) is 0 Å². The van der Waals surface area contributed by atoms with Crippen LogP contribution in [0.4, 0.5) is 0 Å². The highest BCUT2D eigenvalue weighted by molar-refractivity contribution is 7.99. The topological polar surface area (TPSA) is 26.3 Å². The summed E-state index contributed by atoms with van der Waals surface area (Å²) in [5.41, 5.74) is 0. The van der Waals surface area contributed by atoms with Crippen molar-refractivity contribution in [3.8, 4) is 0 Å². The molecule has 1 atom stereocenters. The van der Waals surface area contributed by atoms with Crippen LogP contribution in [-0.4, -0.2) is 24.1 Å². The van der Waals surface area contributed by atoms with E-state index in [1.54, 1.807) is 11.8 Å². The predicted molar refractivity (Wildman–Crippen MR) is 53.5 cm³/mol. The third-order valence-electron chi connectivity index (χ3n) is 1.65. The van der Waals surface area contributed by atoms with Gasteiger partial charge in [0.1, 0.15) is 5.25 Å². The molecule has 0 rings (SSSR count). The lowest BCUT2D eigenvalue weighted by Crippen LogP contribution is -2.19. The van der Waals surface area contributed by atoms with Crippen LogP contribution in [0.3, 0.4) is 0 Å². The van der Waals surface area contributed by atoms with Crippen LogP contribution in [0.5, 0.6) is 0 Å². The van der Waals surface area contributed by atoms with Crippen LogP contribution >= 0.6 is 11.8 Å². The standard InChI is InChI=1S/C9H18O2S/c1-4-6-7-8(12-3)9(10)11-5-2/h8H,4-7H2,1-3H3. The average Bonchev–Trinajstić information content (AvgIpc) is 2.06. The molecule has 0 fully saturated rings. The van der Waals surface area contributed by atoms with Gasteiger partial charge in [0.2, 0.25) is 0 Å². The minimum atomic E-state index is -0.0570. The summed E-state index contributed by atoms with van der Waals surface area (Å²) in [4.78, 5) is 11.2. The first-order valence-electron chi connectivity index (χ1n) is 4.45. The molecule has 0 aliphatic heterocycles. The molecule has 0 heterocycles. The third kappa shape index (κ3) is 4.65. The molecule has 0 N–H and O–H groups in total. The molecule has 2 nitrogen and oxygen atoms in total. The van der Waals surface area contributed by atoms with Crippen molar-refractivity contribution < 1.29 is 9.53 Å². The fourth-order valence-electron chi connectivity index (χ4n) is 0.957. The van der Waals surface area contributed by atoms with E-state index in [1.807, 2.05) is 13.2 Å². The summed E-state index contributed by atoms with van der Waals surface area (Å²) < 4.78 is 4.93. The van der Waals surface area contributed by atoms with Gasteiger partial charge in [-0.2, -0.15) is 11.8 Å². The van der Waals surface area contributed by atoms with E-state index in [0.29, 0.717) is 6.61 Å². The zero-order valence-corrected chi connectivity index (χ0v) is 8.95. The van der Waals surface area contributed by atoms with Crippen LogP contribution in [-0.2, 0) is 9.53 Å². The van der Waals surface area contributed by atoms with Gasteiger partial charge in [-0.05, 0) is 19.6 Å². The Morgan fingerprint density at radius 3 is 2.58 bits per heavy atom. The third-order valence-corrected chi connectivity index (χ3v) is 2.65. The largest absolute Gasteiger partial charge is 0.465 e. The Labute approximate surface area is 79.1 Å². The summed E-state index contributed by atoms with van der Waals surface area (Å²) in [6.45, 7) is 4.46. The second-order valence-corrected chi connectivity index (χ2v) is 3.66. The van der Waals surface area contributed by atoms with Crippen molar-refractivity contribution in [2.45, 2.75) is 38.4 Å². The number of unbranched alkanes of at least 4 members (excludes halogenated alkanes) is 1. The van der Waals surface area contributed by atoms with Gasteiger partial charge in [0.15, 0.2) is 0 Å². The van der Waals surface area contributed by atoms with Crippen molar-refractivity contribution in [1.29, 1.82) is 0 Å².